The van der Waals surface area contributed by atoms with Gasteiger partial charge in [-0.25, -0.2) is 8.42 Å². The van der Waals surface area contributed by atoms with E-state index in [0.29, 0.717) is 13.0 Å². The molecule has 0 bridgehead atoms. The largest absolute Gasteiger partial charge is 0.372 e. The fourth-order valence-corrected chi connectivity index (χ4v) is 4.77. The van der Waals surface area contributed by atoms with Gasteiger partial charge in [-0.05, 0) is 49.4 Å². The summed E-state index contributed by atoms with van der Waals surface area (Å²) >= 11 is 0. The maximum absolute atomic E-state index is 12.3. The maximum Gasteiger partial charge on any atom is 0.235 e. The molecule has 1 aromatic rings. The lowest BCUT2D eigenvalue weighted by molar-refractivity contribution is 0.591. The summed E-state index contributed by atoms with van der Waals surface area (Å²) in [5.74, 6) is 0.236. The number of hydrogen-bond donors (Lipinski definition) is 0. The van der Waals surface area contributed by atoms with Crippen LogP contribution in [0.5, 0.6) is 0 Å². The van der Waals surface area contributed by atoms with Crippen LogP contribution in [0.25, 0.3) is 0 Å². The van der Waals surface area contributed by atoms with Crippen LogP contribution in [0.2, 0.25) is 0 Å². The average molecular weight is 294 g/mol. The molecule has 3 rings (SSSR count). The van der Waals surface area contributed by atoms with Crippen LogP contribution in [0, 0.1) is 0 Å². The van der Waals surface area contributed by atoms with Crippen molar-refractivity contribution in [3.05, 3.63) is 23.8 Å². The first-order chi connectivity index (χ1) is 9.62. The normalized spacial score (nSPS) is 18.6. The highest BCUT2D eigenvalue weighted by atomic mass is 32.2. The van der Waals surface area contributed by atoms with E-state index in [9.17, 15) is 8.42 Å². The van der Waals surface area contributed by atoms with E-state index in [-0.39, 0.29) is 5.75 Å². The lowest BCUT2D eigenvalue weighted by atomic mass is 10.1. The number of nitrogens with zero attached hydrogens (tertiary/aromatic N) is 2. The van der Waals surface area contributed by atoms with Crippen LogP contribution < -0.4 is 9.21 Å². The van der Waals surface area contributed by atoms with Gasteiger partial charge >= 0.3 is 0 Å². The first-order valence-corrected chi connectivity index (χ1v) is 9.11. The Morgan fingerprint density at radius 2 is 1.90 bits per heavy atom. The number of fused-ring (bicyclic) bond motifs is 1. The van der Waals surface area contributed by atoms with E-state index < -0.39 is 10.0 Å². The van der Waals surface area contributed by atoms with E-state index in [1.54, 1.807) is 4.31 Å². The Hall–Kier alpha value is -1.23. The predicted molar refractivity (Wildman–Crippen MR) is 83.0 cm³/mol. The summed E-state index contributed by atoms with van der Waals surface area (Å²) < 4.78 is 26.1. The van der Waals surface area contributed by atoms with Crippen LogP contribution in [0.15, 0.2) is 18.2 Å². The third-order valence-corrected chi connectivity index (χ3v) is 6.16. The number of hydrogen-bond acceptors (Lipinski definition) is 3. The molecule has 1 fully saturated rings. The van der Waals surface area contributed by atoms with Gasteiger partial charge in [0.2, 0.25) is 10.0 Å². The molecule has 0 amide bonds. The predicted octanol–water partition coefficient (Wildman–Crippen LogP) is 2.39. The van der Waals surface area contributed by atoms with Crippen molar-refractivity contribution in [3.8, 4) is 0 Å². The van der Waals surface area contributed by atoms with E-state index in [1.165, 1.54) is 24.1 Å². The molecule has 110 valence electrons. The van der Waals surface area contributed by atoms with E-state index in [2.05, 4.69) is 17.0 Å². The number of benzene rings is 1. The molecule has 0 aliphatic carbocycles. The Labute approximate surface area is 121 Å². The topological polar surface area (TPSA) is 40.6 Å². The first-order valence-electron chi connectivity index (χ1n) is 7.50. The van der Waals surface area contributed by atoms with Gasteiger partial charge in [-0.1, -0.05) is 6.92 Å². The third-order valence-electron chi connectivity index (χ3n) is 4.19. The smallest absolute Gasteiger partial charge is 0.235 e. The van der Waals surface area contributed by atoms with Crippen LogP contribution in [0.1, 0.15) is 31.7 Å². The van der Waals surface area contributed by atoms with E-state index in [4.69, 9.17) is 0 Å². The highest BCUT2D eigenvalue weighted by Gasteiger charge is 2.29. The zero-order valence-corrected chi connectivity index (χ0v) is 12.8. The molecule has 0 N–H and O–H groups in total. The molecule has 0 saturated carbocycles. The Bertz CT molecular complexity index is 592. The first kappa shape index (κ1) is 13.7. The van der Waals surface area contributed by atoms with Gasteiger partial charge in [0.05, 0.1) is 11.4 Å². The second-order valence-corrected chi connectivity index (χ2v) is 7.66. The molecule has 2 heterocycles. The SMILES string of the molecule is CCCS(=O)(=O)N1CCc2cc(N3CCCC3)ccc21. The van der Waals surface area contributed by atoms with Crippen LogP contribution in [-0.2, 0) is 16.4 Å². The molecule has 2 aliphatic heterocycles. The van der Waals surface area contributed by atoms with Crippen molar-refractivity contribution < 1.29 is 8.42 Å². The van der Waals surface area contributed by atoms with E-state index >= 15 is 0 Å². The molecule has 4 nitrogen and oxygen atoms in total. The summed E-state index contributed by atoms with van der Waals surface area (Å²) in [6.07, 6.45) is 4.02. The van der Waals surface area contributed by atoms with Crippen molar-refractivity contribution in [2.24, 2.45) is 0 Å². The van der Waals surface area contributed by atoms with Gasteiger partial charge in [0, 0.05) is 25.3 Å². The van der Waals surface area contributed by atoms with Crippen molar-refractivity contribution in [1.29, 1.82) is 0 Å². The van der Waals surface area contributed by atoms with Crippen molar-refractivity contribution in [1.82, 2.24) is 0 Å². The highest BCUT2D eigenvalue weighted by molar-refractivity contribution is 7.92. The molecule has 1 aromatic carbocycles. The molecule has 1 saturated heterocycles. The summed E-state index contributed by atoms with van der Waals surface area (Å²) in [4.78, 5) is 2.39. The molecule has 0 unspecified atom stereocenters. The number of sulfonamides is 1. The average Bonchev–Trinajstić information content (AvgIpc) is 3.07. The monoisotopic (exact) mass is 294 g/mol. The highest BCUT2D eigenvalue weighted by Crippen LogP contribution is 2.34. The van der Waals surface area contributed by atoms with Crippen molar-refractivity contribution in [3.63, 3.8) is 0 Å². The van der Waals surface area contributed by atoms with Crippen molar-refractivity contribution in [2.75, 3.05) is 34.6 Å². The minimum Gasteiger partial charge on any atom is -0.372 e. The van der Waals surface area contributed by atoms with Gasteiger partial charge in [-0.15, -0.1) is 0 Å². The van der Waals surface area contributed by atoms with Crippen LogP contribution >= 0.6 is 0 Å². The molecule has 20 heavy (non-hydrogen) atoms. The zero-order chi connectivity index (χ0) is 14.2. The van der Waals surface area contributed by atoms with Gasteiger partial charge in [0.25, 0.3) is 0 Å². The Balaban J connectivity index is 1.88. The fourth-order valence-electron chi connectivity index (χ4n) is 3.19. The van der Waals surface area contributed by atoms with Crippen LogP contribution in [0.4, 0.5) is 11.4 Å². The Morgan fingerprint density at radius 1 is 1.15 bits per heavy atom. The lowest BCUT2D eigenvalue weighted by Crippen LogP contribution is -2.31. The third kappa shape index (κ3) is 2.39. The Morgan fingerprint density at radius 3 is 2.60 bits per heavy atom. The summed E-state index contributed by atoms with van der Waals surface area (Å²) in [6.45, 7) is 4.75. The standard InChI is InChI=1S/C15H22N2O2S/c1-2-11-20(18,19)17-10-7-13-12-14(5-6-15(13)17)16-8-3-4-9-16/h5-6,12H,2-4,7-11H2,1H3. The quantitative estimate of drug-likeness (QED) is 0.856. The number of anilines is 2. The minimum absolute atomic E-state index is 0.236. The summed E-state index contributed by atoms with van der Waals surface area (Å²) in [5, 5.41) is 0. The van der Waals surface area contributed by atoms with E-state index in [1.807, 2.05) is 13.0 Å². The molecule has 2 aliphatic rings. The summed E-state index contributed by atoms with van der Waals surface area (Å²) in [7, 11) is -3.14. The second-order valence-electron chi connectivity index (χ2n) is 5.65. The van der Waals surface area contributed by atoms with Crippen LogP contribution in [-0.4, -0.2) is 33.8 Å². The van der Waals surface area contributed by atoms with Crippen molar-refractivity contribution in [2.45, 2.75) is 32.6 Å². The molecular formula is C15H22N2O2S. The van der Waals surface area contributed by atoms with Gasteiger partial charge in [-0.2, -0.15) is 0 Å². The Kier molecular flexibility index (Phi) is 3.63. The van der Waals surface area contributed by atoms with Gasteiger partial charge in [-0.3, -0.25) is 4.31 Å². The maximum atomic E-state index is 12.3. The molecule has 0 spiro atoms. The second kappa shape index (κ2) is 5.28. The van der Waals surface area contributed by atoms with E-state index in [0.717, 1.165) is 25.2 Å². The minimum atomic E-state index is -3.14. The lowest BCUT2D eigenvalue weighted by Gasteiger charge is -2.21. The van der Waals surface area contributed by atoms with Crippen molar-refractivity contribution >= 4 is 21.4 Å². The van der Waals surface area contributed by atoms with Gasteiger partial charge in [0.1, 0.15) is 0 Å². The molecule has 0 atom stereocenters. The fraction of sp³-hybridized carbons (Fsp3) is 0.600. The van der Waals surface area contributed by atoms with Gasteiger partial charge < -0.3 is 4.90 Å². The molecular weight excluding hydrogens is 272 g/mol. The van der Waals surface area contributed by atoms with Gasteiger partial charge in [0.15, 0.2) is 0 Å². The number of rotatable bonds is 4. The summed E-state index contributed by atoms with van der Waals surface area (Å²) in [6, 6.07) is 6.25. The van der Waals surface area contributed by atoms with Crippen LogP contribution in [0.3, 0.4) is 0 Å². The summed E-state index contributed by atoms with van der Waals surface area (Å²) in [5.41, 5.74) is 3.31. The molecule has 5 heteroatoms. The molecule has 0 aromatic heterocycles. The molecule has 0 radical (unpaired) electrons. The zero-order valence-electron chi connectivity index (χ0n) is 12.0.